The lowest BCUT2D eigenvalue weighted by atomic mass is 10.1. The lowest BCUT2D eigenvalue weighted by Crippen LogP contribution is -2.31. The Kier molecular flexibility index (Phi) is 4.56. The van der Waals surface area contributed by atoms with Crippen molar-refractivity contribution in [3.63, 3.8) is 0 Å². The van der Waals surface area contributed by atoms with E-state index in [1.54, 1.807) is 0 Å². The third-order valence-corrected chi connectivity index (χ3v) is 3.34. The molecular weight excluding hydrogens is 212 g/mol. The molecule has 17 heavy (non-hydrogen) atoms. The smallest absolute Gasteiger partial charge is 0.0880 e. The minimum atomic E-state index is 0.788. The summed E-state index contributed by atoms with van der Waals surface area (Å²) in [5.74, 6) is 0. The highest BCUT2D eigenvalue weighted by Gasteiger charge is 2.11. The summed E-state index contributed by atoms with van der Waals surface area (Å²) in [4.78, 5) is 2.46. The normalized spacial score (nSPS) is 18.2. The fourth-order valence-electron chi connectivity index (χ4n) is 2.33. The average molecular weight is 232 g/mol. The van der Waals surface area contributed by atoms with Crippen LogP contribution in [0.25, 0.3) is 0 Å². The van der Waals surface area contributed by atoms with Crippen molar-refractivity contribution in [3.05, 3.63) is 35.9 Å². The second-order valence-electron chi connectivity index (χ2n) is 4.57. The van der Waals surface area contributed by atoms with Crippen LogP contribution in [0.2, 0.25) is 0 Å². The van der Waals surface area contributed by atoms with Gasteiger partial charge in [-0.15, -0.1) is 0 Å². The summed E-state index contributed by atoms with van der Waals surface area (Å²) in [5, 5.41) is 12.5. The van der Waals surface area contributed by atoms with Crippen molar-refractivity contribution >= 4 is 5.71 Å². The Morgan fingerprint density at radius 2 is 1.82 bits per heavy atom. The first-order valence-corrected chi connectivity index (χ1v) is 6.39. The molecule has 1 N–H and O–H groups in total. The molecule has 0 atom stereocenters. The standard InChI is InChI=1S/C14H20N2O/c17-15-14(13-7-3-1-4-8-13)9-12-16-10-5-2-6-11-16/h1,3-4,7-8,17H,2,5-6,9-12H2/b15-14-. The maximum atomic E-state index is 9.08. The molecule has 1 aromatic rings. The molecule has 0 radical (unpaired) electrons. The minimum absolute atomic E-state index is 0.788. The Morgan fingerprint density at radius 3 is 2.47 bits per heavy atom. The molecule has 1 aromatic carbocycles. The van der Waals surface area contributed by atoms with E-state index in [1.165, 1.54) is 32.4 Å². The number of piperidine rings is 1. The highest BCUT2D eigenvalue weighted by Crippen LogP contribution is 2.11. The van der Waals surface area contributed by atoms with Crippen LogP contribution in [-0.4, -0.2) is 35.5 Å². The van der Waals surface area contributed by atoms with E-state index in [4.69, 9.17) is 5.21 Å². The van der Waals surface area contributed by atoms with Crippen LogP contribution in [0.5, 0.6) is 0 Å². The molecule has 1 saturated heterocycles. The lowest BCUT2D eigenvalue weighted by Gasteiger charge is -2.26. The summed E-state index contributed by atoms with van der Waals surface area (Å²) in [6.45, 7) is 3.37. The highest BCUT2D eigenvalue weighted by molar-refractivity contribution is 6.00. The summed E-state index contributed by atoms with van der Waals surface area (Å²) in [5.41, 5.74) is 1.81. The van der Waals surface area contributed by atoms with E-state index in [9.17, 15) is 0 Å². The van der Waals surface area contributed by atoms with Crippen molar-refractivity contribution in [3.8, 4) is 0 Å². The first kappa shape index (κ1) is 12.1. The number of hydrogen-bond acceptors (Lipinski definition) is 3. The van der Waals surface area contributed by atoms with Gasteiger partial charge in [-0.3, -0.25) is 0 Å². The molecule has 0 saturated carbocycles. The van der Waals surface area contributed by atoms with Crippen LogP contribution in [0.1, 0.15) is 31.2 Å². The van der Waals surface area contributed by atoms with Gasteiger partial charge in [0.2, 0.25) is 0 Å². The van der Waals surface area contributed by atoms with Crippen LogP contribution in [0.3, 0.4) is 0 Å². The zero-order chi connectivity index (χ0) is 11.9. The second kappa shape index (κ2) is 6.40. The molecule has 0 aromatic heterocycles. The molecule has 1 heterocycles. The van der Waals surface area contributed by atoms with Crippen molar-refractivity contribution in [2.45, 2.75) is 25.7 Å². The molecule has 3 heteroatoms. The molecule has 1 aliphatic heterocycles. The molecule has 1 fully saturated rings. The fraction of sp³-hybridized carbons (Fsp3) is 0.500. The number of hydrogen-bond donors (Lipinski definition) is 1. The zero-order valence-electron chi connectivity index (χ0n) is 10.2. The molecule has 2 rings (SSSR count). The number of rotatable bonds is 4. The van der Waals surface area contributed by atoms with Crippen LogP contribution in [-0.2, 0) is 0 Å². The fourth-order valence-corrected chi connectivity index (χ4v) is 2.33. The van der Waals surface area contributed by atoms with Crippen molar-refractivity contribution in [2.24, 2.45) is 5.16 Å². The lowest BCUT2D eigenvalue weighted by molar-refractivity contribution is 0.233. The van der Waals surface area contributed by atoms with E-state index >= 15 is 0 Å². The highest BCUT2D eigenvalue weighted by atomic mass is 16.4. The van der Waals surface area contributed by atoms with Crippen LogP contribution < -0.4 is 0 Å². The third-order valence-electron chi connectivity index (χ3n) is 3.34. The van der Waals surface area contributed by atoms with Gasteiger partial charge in [0.15, 0.2) is 0 Å². The van der Waals surface area contributed by atoms with Crippen molar-refractivity contribution in [1.29, 1.82) is 0 Å². The van der Waals surface area contributed by atoms with E-state index < -0.39 is 0 Å². The van der Waals surface area contributed by atoms with Gasteiger partial charge in [0.25, 0.3) is 0 Å². The van der Waals surface area contributed by atoms with Crippen LogP contribution in [0.15, 0.2) is 35.5 Å². The number of benzene rings is 1. The quantitative estimate of drug-likeness (QED) is 0.492. The maximum Gasteiger partial charge on any atom is 0.0880 e. The van der Waals surface area contributed by atoms with Gasteiger partial charge in [0.1, 0.15) is 0 Å². The average Bonchev–Trinajstić information content (AvgIpc) is 2.42. The molecule has 0 amide bonds. The third kappa shape index (κ3) is 3.56. The molecular formula is C14H20N2O. The van der Waals surface area contributed by atoms with Crippen LogP contribution in [0.4, 0.5) is 0 Å². The topological polar surface area (TPSA) is 35.8 Å². The molecule has 3 nitrogen and oxygen atoms in total. The Hall–Kier alpha value is -1.35. The minimum Gasteiger partial charge on any atom is -0.411 e. The summed E-state index contributed by atoms with van der Waals surface area (Å²) in [7, 11) is 0. The largest absolute Gasteiger partial charge is 0.411 e. The van der Waals surface area contributed by atoms with Gasteiger partial charge >= 0.3 is 0 Å². The van der Waals surface area contributed by atoms with Gasteiger partial charge in [0, 0.05) is 13.0 Å². The molecule has 0 aliphatic carbocycles. The van der Waals surface area contributed by atoms with Gasteiger partial charge in [-0.2, -0.15) is 0 Å². The zero-order valence-corrected chi connectivity index (χ0v) is 10.2. The van der Waals surface area contributed by atoms with Crippen molar-refractivity contribution < 1.29 is 5.21 Å². The monoisotopic (exact) mass is 232 g/mol. The first-order chi connectivity index (χ1) is 8.40. The van der Waals surface area contributed by atoms with E-state index in [0.717, 1.165) is 24.2 Å². The van der Waals surface area contributed by atoms with E-state index in [1.807, 2.05) is 30.3 Å². The van der Waals surface area contributed by atoms with Gasteiger partial charge in [-0.25, -0.2) is 0 Å². The molecule has 0 bridgehead atoms. The van der Waals surface area contributed by atoms with Crippen molar-refractivity contribution in [2.75, 3.05) is 19.6 Å². The Labute approximate surface area is 103 Å². The van der Waals surface area contributed by atoms with E-state index in [2.05, 4.69) is 10.1 Å². The van der Waals surface area contributed by atoms with Gasteiger partial charge < -0.3 is 10.1 Å². The molecule has 0 unspecified atom stereocenters. The van der Waals surface area contributed by atoms with Crippen molar-refractivity contribution in [1.82, 2.24) is 4.90 Å². The summed E-state index contributed by atoms with van der Waals surface area (Å²) in [6, 6.07) is 9.91. The number of likely N-dealkylation sites (tertiary alicyclic amines) is 1. The van der Waals surface area contributed by atoms with Gasteiger partial charge in [-0.05, 0) is 31.5 Å². The van der Waals surface area contributed by atoms with Gasteiger partial charge in [-0.1, -0.05) is 41.9 Å². The Bertz CT molecular complexity index is 356. The summed E-state index contributed by atoms with van der Waals surface area (Å²) in [6.07, 6.45) is 4.78. The van der Waals surface area contributed by atoms with Gasteiger partial charge in [0.05, 0.1) is 5.71 Å². The maximum absolute atomic E-state index is 9.08. The predicted octanol–water partition coefficient (Wildman–Crippen LogP) is 2.74. The molecule has 1 aliphatic rings. The van der Waals surface area contributed by atoms with Crippen LogP contribution in [0, 0.1) is 0 Å². The predicted molar refractivity (Wildman–Crippen MR) is 69.7 cm³/mol. The number of nitrogens with zero attached hydrogens (tertiary/aromatic N) is 2. The summed E-state index contributed by atoms with van der Waals surface area (Å²) < 4.78 is 0. The van der Waals surface area contributed by atoms with Crippen LogP contribution >= 0.6 is 0 Å². The SMILES string of the molecule is O/N=C(/CCN1CCCCC1)c1ccccc1. The summed E-state index contributed by atoms with van der Waals surface area (Å²) >= 11 is 0. The second-order valence-corrected chi connectivity index (χ2v) is 4.57. The molecule has 0 spiro atoms. The van der Waals surface area contributed by atoms with E-state index in [-0.39, 0.29) is 0 Å². The number of oxime groups is 1. The first-order valence-electron chi connectivity index (χ1n) is 6.39. The Morgan fingerprint density at radius 1 is 1.12 bits per heavy atom. The molecule has 92 valence electrons. The Balaban J connectivity index is 1.88. The van der Waals surface area contributed by atoms with E-state index in [0.29, 0.717) is 0 Å².